The molecule has 8 heteroatoms. The Hall–Kier alpha value is -2.48. The van der Waals surface area contributed by atoms with Gasteiger partial charge in [0.1, 0.15) is 28.5 Å². The van der Waals surface area contributed by atoms with Gasteiger partial charge in [-0.2, -0.15) is 0 Å². The van der Waals surface area contributed by atoms with E-state index in [-0.39, 0.29) is 24.1 Å². The summed E-state index contributed by atoms with van der Waals surface area (Å²) in [5.41, 5.74) is 2.11. The fraction of sp³-hybridized carbons (Fsp3) is 0.333. The number of fused-ring (bicyclic) bond motifs is 5. The third-order valence-corrected chi connectivity index (χ3v) is 6.88. The maximum atomic E-state index is 14.7. The van der Waals surface area contributed by atoms with Crippen LogP contribution in [0.2, 0.25) is 0 Å². The van der Waals surface area contributed by atoms with Crippen molar-refractivity contribution in [2.45, 2.75) is 39.2 Å². The van der Waals surface area contributed by atoms with Gasteiger partial charge in [0, 0.05) is 28.2 Å². The second kappa shape index (κ2) is 6.52. The van der Waals surface area contributed by atoms with E-state index >= 15 is 0 Å². The maximum absolute atomic E-state index is 14.7. The molecule has 2 aliphatic rings. The van der Waals surface area contributed by atoms with Gasteiger partial charge in [-0.15, -0.1) is 11.3 Å². The fourth-order valence-corrected chi connectivity index (χ4v) is 5.77. The monoisotopic (exact) mass is 419 g/mol. The van der Waals surface area contributed by atoms with Gasteiger partial charge in [0.05, 0.1) is 11.3 Å². The Morgan fingerprint density at radius 2 is 1.86 bits per heavy atom. The average Bonchev–Trinajstić information content (AvgIpc) is 3.30. The first-order valence-electron chi connectivity index (χ1n) is 9.36. The highest BCUT2D eigenvalue weighted by Crippen LogP contribution is 2.45. The minimum atomic E-state index is -2.44. The SMILES string of the molecule is Cc1cnc2n1-c1sc3c(c1C(c1c(F)cccc1F)=NC2C)CC(C(F)F)C3. The molecule has 0 bridgehead atoms. The molecule has 3 aromatic rings. The topological polar surface area (TPSA) is 30.2 Å². The van der Waals surface area contributed by atoms with Gasteiger partial charge in [-0.3, -0.25) is 9.56 Å². The number of hydrogen-bond acceptors (Lipinski definition) is 3. The zero-order chi connectivity index (χ0) is 20.4. The Morgan fingerprint density at radius 3 is 2.55 bits per heavy atom. The lowest BCUT2D eigenvalue weighted by atomic mass is 9.97. The molecule has 0 spiro atoms. The molecule has 1 aliphatic heterocycles. The molecule has 2 atom stereocenters. The van der Waals surface area contributed by atoms with Crippen LogP contribution in [-0.2, 0) is 12.8 Å². The van der Waals surface area contributed by atoms with E-state index < -0.39 is 30.0 Å². The highest BCUT2D eigenvalue weighted by atomic mass is 32.1. The first kappa shape index (κ1) is 18.5. The van der Waals surface area contributed by atoms with Crippen molar-refractivity contribution in [3.05, 3.63) is 69.1 Å². The molecule has 5 rings (SSSR count). The summed E-state index contributed by atoms with van der Waals surface area (Å²) in [6.45, 7) is 3.71. The standard InChI is InChI=1S/C21H17F4N3S/c1-9-8-26-20-10(2)27-18(17-13(22)4-3-5-14(17)23)16-12-6-11(19(24)25)7-15(12)29-21(16)28(9)20/h3-5,8,10-11,19H,6-7H2,1-2H3. The van der Waals surface area contributed by atoms with Gasteiger partial charge in [0.2, 0.25) is 6.43 Å². The molecule has 0 saturated heterocycles. The third-order valence-electron chi connectivity index (χ3n) is 5.64. The number of aryl methyl sites for hydroxylation is 1. The molecule has 0 fully saturated rings. The van der Waals surface area contributed by atoms with Gasteiger partial charge in [-0.05, 0) is 44.4 Å². The largest absolute Gasteiger partial charge is 0.290 e. The van der Waals surface area contributed by atoms with Crippen LogP contribution < -0.4 is 0 Å². The van der Waals surface area contributed by atoms with Crippen molar-refractivity contribution in [2.75, 3.05) is 0 Å². The Labute approximate surface area is 168 Å². The lowest BCUT2D eigenvalue weighted by molar-refractivity contribution is 0.0826. The summed E-state index contributed by atoms with van der Waals surface area (Å²) in [5, 5.41) is 0.749. The summed E-state index contributed by atoms with van der Waals surface area (Å²) >= 11 is 1.40. The molecular formula is C21H17F4N3S. The second-order valence-electron chi connectivity index (χ2n) is 7.53. The summed E-state index contributed by atoms with van der Waals surface area (Å²) in [7, 11) is 0. The summed E-state index contributed by atoms with van der Waals surface area (Å²) in [6, 6.07) is 3.24. The molecule has 2 aromatic heterocycles. The number of aliphatic imine (C=N–C) groups is 1. The van der Waals surface area contributed by atoms with Crippen LogP contribution in [0.1, 0.15) is 46.1 Å². The van der Waals surface area contributed by atoms with Gasteiger partial charge in [-0.25, -0.2) is 22.5 Å². The highest BCUT2D eigenvalue weighted by molar-refractivity contribution is 7.15. The lowest BCUT2D eigenvalue weighted by Gasteiger charge is -2.13. The minimum Gasteiger partial charge on any atom is -0.290 e. The molecule has 29 heavy (non-hydrogen) atoms. The molecule has 1 aliphatic carbocycles. The van der Waals surface area contributed by atoms with Gasteiger partial charge >= 0.3 is 0 Å². The van der Waals surface area contributed by atoms with E-state index in [0.29, 0.717) is 11.4 Å². The van der Waals surface area contributed by atoms with Gasteiger partial charge in [0.25, 0.3) is 0 Å². The van der Waals surface area contributed by atoms with Gasteiger partial charge < -0.3 is 0 Å². The Balaban J connectivity index is 1.82. The molecule has 0 N–H and O–H groups in total. The Kier molecular flexibility index (Phi) is 4.17. The number of nitrogens with zero attached hydrogens (tertiary/aromatic N) is 3. The number of imidazole rings is 1. The molecule has 150 valence electrons. The fourth-order valence-electron chi connectivity index (χ4n) is 4.28. The zero-order valence-electron chi connectivity index (χ0n) is 15.7. The van der Waals surface area contributed by atoms with E-state index in [0.717, 1.165) is 21.1 Å². The molecule has 0 saturated carbocycles. The molecular weight excluding hydrogens is 402 g/mol. The smallest absolute Gasteiger partial charge is 0.242 e. The first-order chi connectivity index (χ1) is 13.9. The van der Waals surface area contributed by atoms with E-state index in [2.05, 4.69) is 9.98 Å². The van der Waals surface area contributed by atoms with Crippen molar-refractivity contribution in [2.24, 2.45) is 10.9 Å². The zero-order valence-corrected chi connectivity index (χ0v) is 16.5. The van der Waals surface area contributed by atoms with E-state index in [4.69, 9.17) is 0 Å². The predicted molar refractivity (Wildman–Crippen MR) is 103 cm³/mol. The first-order valence-corrected chi connectivity index (χ1v) is 10.2. The molecule has 0 radical (unpaired) electrons. The van der Waals surface area contributed by atoms with E-state index in [1.165, 1.54) is 29.5 Å². The van der Waals surface area contributed by atoms with Crippen LogP contribution >= 0.6 is 11.3 Å². The summed E-state index contributed by atoms with van der Waals surface area (Å²) < 4.78 is 58.2. The van der Waals surface area contributed by atoms with Crippen molar-refractivity contribution >= 4 is 17.0 Å². The predicted octanol–water partition coefficient (Wildman–Crippen LogP) is 5.41. The van der Waals surface area contributed by atoms with Crippen LogP contribution in [0, 0.1) is 24.5 Å². The maximum Gasteiger partial charge on any atom is 0.242 e. The summed E-state index contributed by atoms with van der Waals surface area (Å²) in [4.78, 5) is 9.94. The molecule has 3 heterocycles. The Bertz CT molecular complexity index is 1140. The number of benzene rings is 1. The number of alkyl halides is 2. The van der Waals surface area contributed by atoms with Crippen LogP contribution in [-0.4, -0.2) is 21.7 Å². The van der Waals surface area contributed by atoms with Crippen molar-refractivity contribution in [3.63, 3.8) is 0 Å². The van der Waals surface area contributed by atoms with Crippen LogP contribution in [0.3, 0.4) is 0 Å². The number of aromatic nitrogens is 2. The van der Waals surface area contributed by atoms with E-state index in [1.54, 1.807) is 6.20 Å². The Morgan fingerprint density at radius 1 is 1.14 bits per heavy atom. The van der Waals surface area contributed by atoms with Crippen molar-refractivity contribution < 1.29 is 17.6 Å². The lowest BCUT2D eigenvalue weighted by Crippen LogP contribution is -2.14. The average molecular weight is 419 g/mol. The van der Waals surface area contributed by atoms with Crippen LogP contribution in [0.15, 0.2) is 29.4 Å². The number of rotatable bonds is 2. The quantitative estimate of drug-likeness (QED) is 0.511. The number of hydrogen-bond donors (Lipinski definition) is 0. The molecule has 2 unspecified atom stereocenters. The number of halogens is 4. The molecule has 3 nitrogen and oxygen atoms in total. The van der Waals surface area contributed by atoms with Crippen molar-refractivity contribution in [3.8, 4) is 5.00 Å². The van der Waals surface area contributed by atoms with Crippen molar-refractivity contribution in [1.29, 1.82) is 0 Å². The minimum absolute atomic E-state index is 0.172. The third kappa shape index (κ3) is 2.68. The molecule has 1 aromatic carbocycles. The summed E-state index contributed by atoms with van der Waals surface area (Å²) in [5.74, 6) is -1.55. The number of thiophene rings is 1. The summed E-state index contributed by atoms with van der Waals surface area (Å²) in [6.07, 6.45) is -0.278. The highest BCUT2D eigenvalue weighted by Gasteiger charge is 2.38. The van der Waals surface area contributed by atoms with E-state index in [9.17, 15) is 17.6 Å². The second-order valence-corrected chi connectivity index (χ2v) is 8.61. The molecule has 0 amide bonds. The van der Waals surface area contributed by atoms with Gasteiger partial charge in [0.15, 0.2) is 0 Å². The van der Waals surface area contributed by atoms with Crippen LogP contribution in [0.25, 0.3) is 5.00 Å². The van der Waals surface area contributed by atoms with Crippen LogP contribution in [0.4, 0.5) is 17.6 Å². The van der Waals surface area contributed by atoms with Crippen LogP contribution in [0.5, 0.6) is 0 Å². The van der Waals surface area contributed by atoms with Crippen molar-refractivity contribution in [1.82, 2.24) is 9.55 Å². The normalized spacial score (nSPS) is 20.3. The van der Waals surface area contributed by atoms with E-state index in [1.807, 2.05) is 18.4 Å². The van der Waals surface area contributed by atoms with Gasteiger partial charge in [-0.1, -0.05) is 6.07 Å².